The van der Waals surface area contributed by atoms with Crippen molar-refractivity contribution in [3.05, 3.63) is 89.2 Å². The van der Waals surface area contributed by atoms with E-state index in [4.69, 9.17) is 19.6 Å². The van der Waals surface area contributed by atoms with E-state index in [1.54, 1.807) is 31.4 Å². The summed E-state index contributed by atoms with van der Waals surface area (Å²) < 4.78 is 30.2. The van der Waals surface area contributed by atoms with Crippen LogP contribution in [0.15, 0.2) is 71.3 Å². The number of halogens is 1. The highest BCUT2D eigenvalue weighted by atomic mass is 19.1. The van der Waals surface area contributed by atoms with Gasteiger partial charge in [0.15, 0.2) is 6.30 Å². The minimum absolute atomic E-state index is 0.0460. The fourth-order valence-electron chi connectivity index (χ4n) is 3.97. The first-order valence-corrected chi connectivity index (χ1v) is 11.3. The smallest absolute Gasteiger partial charge is 0.310 e. The molecule has 3 aromatic carbocycles. The lowest BCUT2D eigenvalue weighted by atomic mass is 9.98. The van der Waals surface area contributed by atoms with Crippen LogP contribution in [0.1, 0.15) is 29.2 Å². The number of benzene rings is 3. The first-order chi connectivity index (χ1) is 17.0. The molecule has 0 aliphatic carbocycles. The van der Waals surface area contributed by atoms with Crippen LogP contribution >= 0.6 is 0 Å². The van der Waals surface area contributed by atoms with Crippen molar-refractivity contribution < 1.29 is 23.1 Å². The van der Waals surface area contributed by atoms with Gasteiger partial charge in [-0.3, -0.25) is 4.79 Å². The van der Waals surface area contributed by atoms with Gasteiger partial charge < -0.3 is 19.6 Å². The molecule has 4 rings (SSSR count). The number of alkyl halides is 1. The molecule has 0 unspecified atom stereocenters. The van der Waals surface area contributed by atoms with Crippen LogP contribution in [0, 0.1) is 11.3 Å². The van der Waals surface area contributed by atoms with E-state index in [0.29, 0.717) is 22.5 Å². The number of hydrogen-bond acceptors (Lipinski definition) is 6. The predicted molar refractivity (Wildman–Crippen MR) is 130 cm³/mol. The van der Waals surface area contributed by atoms with Gasteiger partial charge in [-0.05, 0) is 53.9 Å². The predicted octanol–water partition coefficient (Wildman–Crippen LogP) is 5.45. The van der Waals surface area contributed by atoms with Crippen LogP contribution in [0.4, 0.5) is 4.39 Å². The van der Waals surface area contributed by atoms with Crippen LogP contribution in [-0.4, -0.2) is 18.9 Å². The number of nitrogens with zero attached hydrogens (tertiary/aromatic N) is 1. The van der Waals surface area contributed by atoms with Crippen LogP contribution in [0.3, 0.4) is 0 Å². The van der Waals surface area contributed by atoms with Gasteiger partial charge in [-0.1, -0.05) is 30.3 Å². The van der Waals surface area contributed by atoms with E-state index in [2.05, 4.69) is 6.07 Å². The highest BCUT2D eigenvalue weighted by Gasteiger charge is 2.14. The largest absolute Gasteiger partial charge is 0.489 e. The molecular weight excluding hydrogens is 447 g/mol. The van der Waals surface area contributed by atoms with Crippen molar-refractivity contribution in [1.29, 1.82) is 5.26 Å². The van der Waals surface area contributed by atoms with Gasteiger partial charge in [0.1, 0.15) is 17.9 Å². The molecule has 7 heteroatoms. The number of nitrogens with two attached hydrogens (primary N) is 1. The Morgan fingerprint density at radius 2 is 2.00 bits per heavy atom. The van der Waals surface area contributed by atoms with Gasteiger partial charge in [-0.2, -0.15) is 5.26 Å². The fraction of sp³-hybridized carbons (Fsp3) is 0.214. The lowest BCUT2D eigenvalue weighted by molar-refractivity contribution is -0.142. The molecule has 0 amide bonds. The highest BCUT2D eigenvalue weighted by molar-refractivity contribution is 5.93. The fourth-order valence-corrected chi connectivity index (χ4v) is 3.97. The summed E-state index contributed by atoms with van der Waals surface area (Å²) in [5.41, 5.74) is 10.5. The van der Waals surface area contributed by atoms with E-state index in [-0.39, 0.29) is 32.0 Å². The maximum atomic E-state index is 13.4. The minimum Gasteiger partial charge on any atom is -0.489 e. The first-order valence-electron chi connectivity index (χ1n) is 11.3. The molecule has 0 aliphatic rings. The molecule has 35 heavy (non-hydrogen) atoms. The Balaban J connectivity index is 1.64. The monoisotopic (exact) mass is 472 g/mol. The zero-order valence-electron chi connectivity index (χ0n) is 19.3. The lowest BCUT2D eigenvalue weighted by Crippen LogP contribution is -2.15. The van der Waals surface area contributed by atoms with E-state index >= 15 is 0 Å². The van der Waals surface area contributed by atoms with Crippen molar-refractivity contribution in [2.24, 2.45) is 5.73 Å². The van der Waals surface area contributed by atoms with Crippen LogP contribution in [0.25, 0.3) is 22.1 Å². The second kappa shape index (κ2) is 10.9. The molecule has 6 nitrogen and oxygen atoms in total. The molecule has 1 heterocycles. The summed E-state index contributed by atoms with van der Waals surface area (Å²) in [6, 6.07) is 20.4. The molecule has 0 radical (unpaired) electrons. The van der Waals surface area contributed by atoms with Crippen molar-refractivity contribution in [3.63, 3.8) is 0 Å². The minimum atomic E-state index is -1.43. The van der Waals surface area contributed by atoms with Gasteiger partial charge >= 0.3 is 5.97 Å². The zero-order valence-corrected chi connectivity index (χ0v) is 19.3. The van der Waals surface area contributed by atoms with Crippen molar-refractivity contribution in [2.75, 3.05) is 6.61 Å². The third kappa shape index (κ3) is 5.86. The van der Waals surface area contributed by atoms with Gasteiger partial charge in [-0.15, -0.1) is 0 Å². The number of rotatable bonds is 9. The second-order valence-corrected chi connectivity index (χ2v) is 8.11. The number of ether oxygens (including phenoxy) is 2. The van der Waals surface area contributed by atoms with E-state index in [0.717, 1.165) is 27.6 Å². The topological polar surface area (TPSA) is 98.5 Å². The maximum Gasteiger partial charge on any atom is 0.310 e. The highest BCUT2D eigenvalue weighted by Crippen LogP contribution is 2.32. The third-order valence-corrected chi connectivity index (χ3v) is 5.51. The lowest BCUT2D eigenvalue weighted by Gasteiger charge is -2.13. The Kier molecular flexibility index (Phi) is 7.44. The zero-order chi connectivity index (χ0) is 24.8. The van der Waals surface area contributed by atoms with E-state index in [1.165, 1.54) is 0 Å². The molecule has 0 spiro atoms. The normalized spacial score (nSPS) is 11.7. The Morgan fingerprint density at radius 3 is 2.77 bits per heavy atom. The second-order valence-electron chi connectivity index (χ2n) is 8.11. The van der Waals surface area contributed by atoms with Crippen LogP contribution in [0.2, 0.25) is 0 Å². The van der Waals surface area contributed by atoms with Crippen LogP contribution in [-0.2, 0) is 29.0 Å². The molecule has 0 aliphatic heterocycles. The number of carbonyl (C=O) groups is 1. The number of fused-ring (bicyclic) bond motifs is 1. The van der Waals surface area contributed by atoms with Crippen molar-refractivity contribution in [1.82, 2.24) is 0 Å². The summed E-state index contributed by atoms with van der Waals surface area (Å²) in [7, 11) is 0. The standard InChI is InChI=1S/C28H25FN2O4/c1-2-33-27(32)15-22-7-6-19(16-30)13-25(22)35-17-20-11-23-8-9-34-28(23)24(12-20)21-5-3-4-18(10-21)14-26(29)31/h3-13,26H,2,14-15,17,31H2,1H3/t26-/m1/s1. The number of nitriles is 1. The summed E-state index contributed by atoms with van der Waals surface area (Å²) in [6.45, 7) is 2.24. The van der Waals surface area contributed by atoms with Gasteiger partial charge in [-0.25, -0.2) is 4.39 Å². The van der Waals surface area contributed by atoms with Crippen LogP contribution < -0.4 is 10.5 Å². The quantitative estimate of drug-likeness (QED) is 0.257. The van der Waals surface area contributed by atoms with E-state index < -0.39 is 6.30 Å². The van der Waals surface area contributed by atoms with Gasteiger partial charge in [0.25, 0.3) is 0 Å². The van der Waals surface area contributed by atoms with Crippen molar-refractivity contribution in [3.8, 4) is 22.9 Å². The first kappa shape index (κ1) is 24.0. The van der Waals surface area contributed by atoms with Crippen molar-refractivity contribution in [2.45, 2.75) is 32.7 Å². The molecule has 2 N–H and O–H groups in total. The number of hydrogen-bond donors (Lipinski definition) is 1. The molecule has 0 fully saturated rings. The third-order valence-electron chi connectivity index (χ3n) is 5.51. The van der Waals surface area contributed by atoms with Gasteiger partial charge in [0.2, 0.25) is 0 Å². The summed E-state index contributed by atoms with van der Waals surface area (Å²) in [5.74, 6) is 0.0851. The molecule has 0 bridgehead atoms. The summed E-state index contributed by atoms with van der Waals surface area (Å²) in [4.78, 5) is 12.0. The van der Waals surface area contributed by atoms with Gasteiger partial charge in [0.05, 0.1) is 30.9 Å². The molecule has 0 saturated heterocycles. The molecule has 0 saturated carbocycles. The molecular formula is C28H25FN2O4. The number of esters is 1. The molecule has 4 aromatic rings. The summed E-state index contributed by atoms with van der Waals surface area (Å²) >= 11 is 0. The van der Waals surface area contributed by atoms with E-state index in [9.17, 15) is 14.4 Å². The molecule has 1 aromatic heterocycles. The average Bonchev–Trinajstić information content (AvgIpc) is 3.31. The Morgan fingerprint density at radius 1 is 1.14 bits per heavy atom. The average molecular weight is 473 g/mol. The number of carbonyl (C=O) groups excluding carboxylic acids is 1. The Hall–Kier alpha value is -4.15. The Bertz CT molecular complexity index is 1390. The van der Waals surface area contributed by atoms with E-state index in [1.807, 2.05) is 42.5 Å². The maximum absolute atomic E-state index is 13.4. The van der Waals surface area contributed by atoms with Crippen LogP contribution in [0.5, 0.6) is 5.75 Å². The summed E-state index contributed by atoms with van der Waals surface area (Å²) in [6.07, 6.45) is 0.357. The summed E-state index contributed by atoms with van der Waals surface area (Å²) in [5, 5.41) is 10.2. The van der Waals surface area contributed by atoms with Gasteiger partial charge in [0, 0.05) is 22.9 Å². The molecule has 178 valence electrons. The SMILES string of the molecule is CCOC(=O)Cc1ccc(C#N)cc1OCc1cc(-c2cccc(C[C@@H](N)F)c2)c2occc2c1. The number of furan rings is 1. The molecule has 1 atom stereocenters. The Labute approximate surface area is 202 Å². The van der Waals surface area contributed by atoms with Crippen molar-refractivity contribution >= 4 is 16.9 Å².